The predicted octanol–water partition coefficient (Wildman–Crippen LogP) is 4.50. The lowest BCUT2D eigenvalue weighted by atomic mass is 10.1. The van der Waals surface area contributed by atoms with Gasteiger partial charge in [-0.3, -0.25) is 9.78 Å². The summed E-state index contributed by atoms with van der Waals surface area (Å²) in [5.41, 5.74) is 4.12. The minimum atomic E-state index is 0.0146. The third-order valence-corrected chi connectivity index (χ3v) is 4.84. The van der Waals surface area contributed by atoms with Crippen LogP contribution in [0.3, 0.4) is 0 Å². The summed E-state index contributed by atoms with van der Waals surface area (Å²) in [6.45, 7) is 0.394. The molecule has 5 nitrogen and oxygen atoms in total. The van der Waals surface area contributed by atoms with Gasteiger partial charge >= 0.3 is 0 Å². The monoisotopic (exact) mass is 387 g/mol. The van der Waals surface area contributed by atoms with Crippen molar-refractivity contribution in [2.24, 2.45) is 0 Å². The van der Waals surface area contributed by atoms with Crippen molar-refractivity contribution in [2.75, 3.05) is 14.2 Å². The van der Waals surface area contributed by atoms with Gasteiger partial charge in [0, 0.05) is 23.8 Å². The normalized spacial score (nSPS) is 14.0. The number of rotatable bonds is 6. The molecule has 1 aromatic heterocycles. The van der Waals surface area contributed by atoms with Crippen LogP contribution in [0, 0.1) is 0 Å². The molecule has 0 N–H and O–H groups in total. The van der Waals surface area contributed by atoms with Gasteiger partial charge in [-0.25, -0.2) is 0 Å². The zero-order chi connectivity index (χ0) is 20.2. The van der Waals surface area contributed by atoms with Crippen LogP contribution in [0.5, 0.6) is 17.2 Å². The van der Waals surface area contributed by atoms with Crippen LogP contribution in [0.4, 0.5) is 0 Å². The minimum absolute atomic E-state index is 0.0146. The number of aromatic nitrogens is 1. The van der Waals surface area contributed by atoms with Crippen molar-refractivity contribution in [3.05, 3.63) is 88.8 Å². The molecule has 0 radical (unpaired) electrons. The van der Waals surface area contributed by atoms with E-state index in [0.717, 1.165) is 28.1 Å². The molecule has 0 spiro atoms. The SMILES string of the molecule is COc1cc2c(cc1OC)C(=O)C(=Cc1cccc(OCc3ccccn3)c1)C2. The van der Waals surface area contributed by atoms with Crippen LogP contribution < -0.4 is 14.2 Å². The maximum absolute atomic E-state index is 12.9. The van der Waals surface area contributed by atoms with E-state index in [2.05, 4.69) is 4.98 Å². The van der Waals surface area contributed by atoms with Crippen molar-refractivity contribution < 1.29 is 19.0 Å². The van der Waals surface area contributed by atoms with Gasteiger partial charge in [0.05, 0.1) is 19.9 Å². The van der Waals surface area contributed by atoms with Crippen molar-refractivity contribution in [1.82, 2.24) is 4.98 Å². The average molecular weight is 387 g/mol. The molecule has 4 rings (SSSR count). The van der Waals surface area contributed by atoms with Gasteiger partial charge in [0.1, 0.15) is 12.4 Å². The smallest absolute Gasteiger partial charge is 0.189 e. The van der Waals surface area contributed by atoms with Crippen molar-refractivity contribution >= 4 is 11.9 Å². The zero-order valence-corrected chi connectivity index (χ0v) is 16.3. The highest BCUT2D eigenvalue weighted by Gasteiger charge is 2.27. The number of hydrogen-bond donors (Lipinski definition) is 0. The van der Waals surface area contributed by atoms with Gasteiger partial charge in [-0.2, -0.15) is 0 Å². The molecule has 1 heterocycles. The Labute approximate surface area is 169 Å². The lowest BCUT2D eigenvalue weighted by Gasteiger charge is -2.08. The topological polar surface area (TPSA) is 57.7 Å². The van der Waals surface area contributed by atoms with E-state index in [9.17, 15) is 4.79 Å². The fourth-order valence-electron chi connectivity index (χ4n) is 3.39. The highest BCUT2D eigenvalue weighted by atomic mass is 16.5. The molecule has 0 amide bonds. The fourth-order valence-corrected chi connectivity index (χ4v) is 3.39. The molecule has 0 saturated carbocycles. The number of ketones is 1. The van der Waals surface area contributed by atoms with Gasteiger partial charge in [0.2, 0.25) is 0 Å². The molecule has 1 aliphatic rings. The molecule has 5 heteroatoms. The third kappa shape index (κ3) is 3.99. The molecule has 0 aliphatic heterocycles. The Balaban J connectivity index is 1.54. The summed E-state index contributed by atoms with van der Waals surface area (Å²) in [5.74, 6) is 1.94. The Kier molecular flexibility index (Phi) is 5.29. The highest BCUT2D eigenvalue weighted by Crippen LogP contribution is 2.37. The number of carbonyl (C=O) groups is 1. The Morgan fingerprint density at radius 3 is 2.59 bits per heavy atom. The van der Waals surface area contributed by atoms with Gasteiger partial charge in [-0.15, -0.1) is 0 Å². The first-order valence-electron chi connectivity index (χ1n) is 9.31. The Morgan fingerprint density at radius 1 is 1.00 bits per heavy atom. The van der Waals surface area contributed by atoms with Gasteiger partial charge in [0.15, 0.2) is 17.3 Å². The maximum atomic E-state index is 12.9. The molecule has 29 heavy (non-hydrogen) atoms. The number of pyridine rings is 1. The summed E-state index contributed by atoms with van der Waals surface area (Å²) in [7, 11) is 3.16. The zero-order valence-electron chi connectivity index (χ0n) is 16.3. The molecule has 0 unspecified atom stereocenters. The average Bonchev–Trinajstić information content (AvgIpc) is 3.06. The van der Waals surface area contributed by atoms with Crippen molar-refractivity contribution in [3.63, 3.8) is 0 Å². The summed E-state index contributed by atoms with van der Waals surface area (Å²) >= 11 is 0. The number of carbonyl (C=O) groups excluding carboxylic acids is 1. The van der Waals surface area contributed by atoms with Crippen LogP contribution in [0.1, 0.15) is 27.2 Å². The highest BCUT2D eigenvalue weighted by molar-refractivity contribution is 6.15. The van der Waals surface area contributed by atoms with Crippen LogP contribution in [0.2, 0.25) is 0 Å². The van der Waals surface area contributed by atoms with E-state index in [-0.39, 0.29) is 5.78 Å². The summed E-state index contributed by atoms with van der Waals surface area (Å²) in [6.07, 6.45) is 4.22. The van der Waals surface area contributed by atoms with Crippen LogP contribution in [0.15, 0.2) is 66.4 Å². The molecule has 2 aromatic carbocycles. The molecule has 0 bridgehead atoms. The van der Waals surface area contributed by atoms with E-state index in [0.29, 0.717) is 30.1 Å². The number of allylic oxidation sites excluding steroid dienone is 1. The molecule has 1 aliphatic carbocycles. The number of benzene rings is 2. The van der Waals surface area contributed by atoms with E-state index in [1.54, 1.807) is 26.5 Å². The third-order valence-electron chi connectivity index (χ3n) is 4.84. The summed E-state index contributed by atoms with van der Waals surface area (Å²) in [4.78, 5) is 17.1. The van der Waals surface area contributed by atoms with Gasteiger partial charge < -0.3 is 14.2 Å². The first-order chi connectivity index (χ1) is 14.2. The maximum Gasteiger partial charge on any atom is 0.189 e. The molecule has 0 fully saturated rings. The molecule has 146 valence electrons. The van der Waals surface area contributed by atoms with E-state index in [4.69, 9.17) is 14.2 Å². The van der Waals surface area contributed by atoms with E-state index in [1.165, 1.54) is 0 Å². The number of Topliss-reactive ketones (excluding diaryl/α,β-unsaturated/α-hetero) is 1. The molecule has 0 atom stereocenters. The van der Waals surface area contributed by atoms with Crippen LogP contribution in [-0.4, -0.2) is 25.0 Å². The van der Waals surface area contributed by atoms with Gasteiger partial charge in [-0.1, -0.05) is 18.2 Å². The van der Waals surface area contributed by atoms with Crippen molar-refractivity contribution in [1.29, 1.82) is 0 Å². The van der Waals surface area contributed by atoms with Gasteiger partial charge in [-0.05, 0) is 53.6 Å². The Bertz CT molecular complexity index is 1070. The van der Waals surface area contributed by atoms with E-state index < -0.39 is 0 Å². The predicted molar refractivity (Wildman–Crippen MR) is 111 cm³/mol. The largest absolute Gasteiger partial charge is 0.493 e. The number of hydrogen-bond acceptors (Lipinski definition) is 5. The number of methoxy groups -OCH3 is 2. The summed E-state index contributed by atoms with van der Waals surface area (Å²) in [5, 5.41) is 0. The fraction of sp³-hybridized carbons (Fsp3) is 0.167. The number of fused-ring (bicyclic) bond motifs is 1. The van der Waals surface area contributed by atoms with Crippen LogP contribution >= 0.6 is 0 Å². The second-order valence-electron chi connectivity index (χ2n) is 6.72. The first kappa shape index (κ1) is 18.7. The second kappa shape index (κ2) is 8.19. The standard InChI is InChI=1S/C24H21NO4/c1-27-22-13-17-12-18(24(26)21(17)14-23(22)28-2)10-16-6-5-8-20(11-16)29-15-19-7-3-4-9-25-19/h3-11,13-14H,12,15H2,1-2H3. The Morgan fingerprint density at radius 2 is 1.83 bits per heavy atom. The number of ether oxygens (including phenoxy) is 3. The molecular weight excluding hydrogens is 366 g/mol. The Hall–Kier alpha value is -3.60. The number of nitrogens with zero attached hydrogens (tertiary/aromatic N) is 1. The van der Waals surface area contributed by atoms with E-state index >= 15 is 0 Å². The molecular formula is C24H21NO4. The first-order valence-corrected chi connectivity index (χ1v) is 9.31. The van der Waals surface area contributed by atoms with Crippen molar-refractivity contribution in [3.8, 4) is 17.2 Å². The second-order valence-corrected chi connectivity index (χ2v) is 6.72. The van der Waals surface area contributed by atoms with Crippen molar-refractivity contribution in [2.45, 2.75) is 13.0 Å². The lowest BCUT2D eigenvalue weighted by molar-refractivity contribution is 0.104. The summed E-state index contributed by atoms with van der Waals surface area (Å²) < 4.78 is 16.5. The van der Waals surface area contributed by atoms with Crippen LogP contribution in [0.25, 0.3) is 6.08 Å². The molecule has 3 aromatic rings. The summed E-state index contributed by atoms with van der Waals surface area (Å²) in [6, 6.07) is 17.0. The van der Waals surface area contributed by atoms with E-state index in [1.807, 2.05) is 54.6 Å². The van der Waals surface area contributed by atoms with Gasteiger partial charge in [0.25, 0.3) is 0 Å². The van der Waals surface area contributed by atoms with Crippen LogP contribution in [-0.2, 0) is 13.0 Å². The lowest BCUT2D eigenvalue weighted by Crippen LogP contribution is -1.98. The molecule has 0 saturated heterocycles. The minimum Gasteiger partial charge on any atom is -0.493 e. The quantitative estimate of drug-likeness (QED) is 0.583.